The number of nitrogens with one attached hydrogen (secondary N) is 3. The van der Waals surface area contributed by atoms with Crippen LogP contribution in [0.4, 0.5) is 15.8 Å². The van der Waals surface area contributed by atoms with Gasteiger partial charge in [0.2, 0.25) is 11.8 Å². The number of anilines is 2. The number of hydrogen-bond acceptors (Lipinski definition) is 5. The number of amides is 2. The topological polar surface area (TPSA) is 73.5 Å². The Labute approximate surface area is 171 Å². The molecule has 0 spiro atoms. The van der Waals surface area contributed by atoms with Crippen LogP contribution in [-0.4, -0.2) is 44.0 Å². The van der Waals surface area contributed by atoms with Gasteiger partial charge in [-0.25, -0.2) is 4.39 Å². The van der Waals surface area contributed by atoms with E-state index in [4.69, 9.17) is 0 Å². The first-order valence-corrected chi connectivity index (χ1v) is 10.9. The summed E-state index contributed by atoms with van der Waals surface area (Å²) in [6, 6.07) is 4.59. The molecule has 0 aliphatic carbocycles. The molecule has 3 N–H and O–H groups in total. The van der Waals surface area contributed by atoms with Gasteiger partial charge in [-0.05, 0) is 81.6 Å². The van der Waals surface area contributed by atoms with Crippen LogP contribution in [0, 0.1) is 17.7 Å². The maximum absolute atomic E-state index is 14.8. The minimum Gasteiger partial charge on any atom is -0.374 e. The van der Waals surface area contributed by atoms with Gasteiger partial charge in [-0.15, -0.1) is 0 Å². The van der Waals surface area contributed by atoms with Crippen molar-refractivity contribution in [3.63, 3.8) is 0 Å². The summed E-state index contributed by atoms with van der Waals surface area (Å²) in [5, 5.41) is 8.79. The first-order chi connectivity index (χ1) is 14.1. The van der Waals surface area contributed by atoms with Crippen LogP contribution in [-0.2, 0) is 9.59 Å². The molecule has 3 aliphatic rings. The lowest BCUT2D eigenvalue weighted by molar-refractivity contribution is -0.133. The lowest BCUT2D eigenvalue weighted by atomic mass is 9.83. The monoisotopic (exact) mass is 402 g/mol. The van der Waals surface area contributed by atoms with E-state index in [0.29, 0.717) is 24.2 Å². The van der Waals surface area contributed by atoms with E-state index in [-0.39, 0.29) is 17.6 Å². The number of rotatable bonds is 5. The molecule has 1 aromatic carbocycles. The van der Waals surface area contributed by atoms with Gasteiger partial charge < -0.3 is 15.5 Å². The van der Waals surface area contributed by atoms with E-state index in [1.807, 2.05) is 6.07 Å². The Bertz CT molecular complexity index is 742. The highest BCUT2D eigenvalue weighted by molar-refractivity contribution is 6.01. The molecule has 2 amide bonds. The summed E-state index contributed by atoms with van der Waals surface area (Å²) in [5.41, 5.74) is 1.21. The second-order valence-corrected chi connectivity index (χ2v) is 8.67. The highest BCUT2D eigenvalue weighted by Crippen LogP contribution is 2.32. The van der Waals surface area contributed by atoms with Gasteiger partial charge in [0.05, 0.1) is 5.69 Å². The number of benzene rings is 1. The van der Waals surface area contributed by atoms with Gasteiger partial charge in [-0.3, -0.25) is 14.9 Å². The summed E-state index contributed by atoms with van der Waals surface area (Å²) in [6.45, 7) is 4.08. The molecule has 3 aliphatic heterocycles. The van der Waals surface area contributed by atoms with Crippen LogP contribution >= 0.6 is 0 Å². The van der Waals surface area contributed by atoms with Gasteiger partial charge >= 0.3 is 0 Å². The van der Waals surface area contributed by atoms with E-state index in [9.17, 15) is 14.0 Å². The van der Waals surface area contributed by atoms with Gasteiger partial charge in [-0.2, -0.15) is 0 Å². The Hall–Kier alpha value is -2.15. The summed E-state index contributed by atoms with van der Waals surface area (Å²) in [7, 11) is 0. The van der Waals surface area contributed by atoms with E-state index in [1.165, 1.54) is 25.3 Å². The van der Waals surface area contributed by atoms with E-state index in [2.05, 4.69) is 20.9 Å². The molecular weight excluding hydrogens is 371 g/mol. The molecule has 1 atom stereocenters. The number of carbonyl (C=O) groups excluding carboxylic acids is 2. The van der Waals surface area contributed by atoms with Crippen molar-refractivity contribution >= 4 is 23.2 Å². The summed E-state index contributed by atoms with van der Waals surface area (Å²) < 4.78 is 14.8. The summed E-state index contributed by atoms with van der Waals surface area (Å²) in [5.74, 6) is 0.742. The Balaban J connectivity index is 1.30. The minimum atomic E-state index is -0.497. The minimum absolute atomic E-state index is 0.252. The third kappa shape index (κ3) is 5.07. The Morgan fingerprint density at radius 3 is 2.45 bits per heavy atom. The van der Waals surface area contributed by atoms with Crippen LogP contribution in [0.1, 0.15) is 44.9 Å². The zero-order chi connectivity index (χ0) is 20.2. The lowest BCUT2D eigenvalue weighted by Gasteiger charge is -2.36. The first kappa shape index (κ1) is 20.1. The van der Waals surface area contributed by atoms with Gasteiger partial charge in [-0.1, -0.05) is 0 Å². The molecule has 0 bridgehead atoms. The zero-order valence-corrected chi connectivity index (χ0v) is 16.9. The predicted octanol–water partition coefficient (Wildman–Crippen LogP) is 2.65. The molecule has 3 fully saturated rings. The fraction of sp³-hybridized carbons (Fsp3) is 0.636. The summed E-state index contributed by atoms with van der Waals surface area (Å²) in [4.78, 5) is 25.3. The fourth-order valence-corrected chi connectivity index (χ4v) is 4.88. The largest absolute Gasteiger partial charge is 0.374 e. The molecule has 1 unspecified atom stereocenters. The average Bonchev–Trinajstić information content (AvgIpc) is 2.72. The summed E-state index contributed by atoms with van der Waals surface area (Å²) >= 11 is 0. The van der Waals surface area contributed by atoms with Crippen LogP contribution in [0.15, 0.2) is 18.2 Å². The Morgan fingerprint density at radius 1 is 1.03 bits per heavy atom. The molecule has 158 valence electrons. The Kier molecular flexibility index (Phi) is 6.33. The van der Waals surface area contributed by atoms with Crippen molar-refractivity contribution in [1.82, 2.24) is 10.6 Å². The second kappa shape index (κ2) is 9.11. The van der Waals surface area contributed by atoms with Crippen LogP contribution in [0.25, 0.3) is 0 Å². The van der Waals surface area contributed by atoms with Crippen LogP contribution < -0.4 is 20.9 Å². The zero-order valence-electron chi connectivity index (χ0n) is 16.9. The van der Waals surface area contributed by atoms with Crippen molar-refractivity contribution in [2.45, 2.75) is 51.0 Å². The lowest BCUT2D eigenvalue weighted by Crippen LogP contribution is -2.47. The smallest absolute Gasteiger partial charge is 0.249 e. The van der Waals surface area contributed by atoms with E-state index in [1.54, 1.807) is 6.07 Å². The normalized spacial score (nSPS) is 24.4. The first-order valence-electron chi connectivity index (χ1n) is 10.9. The fourth-order valence-electron chi connectivity index (χ4n) is 4.88. The molecule has 0 radical (unpaired) electrons. The molecule has 7 heteroatoms. The van der Waals surface area contributed by atoms with Gasteiger partial charge in [0.25, 0.3) is 0 Å². The number of hydrogen-bond donors (Lipinski definition) is 3. The number of imide groups is 1. The van der Waals surface area contributed by atoms with Gasteiger partial charge in [0, 0.05) is 25.2 Å². The van der Waals surface area contributed by atoms with Crippen molar-refractivity contribution in [1.29, 1.82) is 0 Å². The number of carbonyl (C=O) groups is 2. The number of halogens is 1. The van der Waals surface area contributed by atoms with Crippen LogP contribution in [0.3, 0.4) is 0 Å². The maximum atomic E-state index is 14.8. The second-order valence-electron chi connectivity index (χ2n) is 8.67. The molecule has 0 saturated carbocycles. The third-order valence-electron chi connectivity index (χ3n) is 6.61. The van der Waals surface area contributed by atoms with E-state index >= 15 is 0 Å². The van der Waals surface area contributed by atoms with Gasteiger partial charge in [0.1, 0.15) is 11.9 Å². The molecule has 1 aromatic rings. The number of piperidine rings is 3. The molecular formula is C22H31FN4O2. The van der Waals surface area contributed by atoms with Crippen LogP contribution in [0.5, 0.6) is 0 Å². The maximum Gasteiger partial charge on any atom is 0.249 e. The highest BCUT2D eigenvalue weighted by atomic mass is 19.1. The van der Waals surface area contributed by atoms with Crippen molar-refractivity contribution < 1.29 is 14.0 Å². The Morgan fingerprint density at radius 2 is 1.76 bits per heavy atom. The van der Waals surface area contributed by atoms with E-state index in [0.717, 1.165) is 50.9 Å². The summed E-state index contributed by atoms with van der Waals surface area (Å²) in [6.07, 6.45) is 6.87. The third-order valence-corrected chi connectivity index (χ3v) is 6.61. The predicted molar refractivity (Wildman–Crippen MR) is 111 cm³/mol. The SMILES string of the molecule is O=C1CCC(Nc2ccc(N3CCC(CC4CCNCC4)CC3)c(F)c2)C(=O)N1. The van der Waals surface area contributed by atoms with Crippen molar-refractivity contribution in [2.75, 3.05) is 36.4 Å². The number of nitrogens with zero attached hydrogens (tertiary/aromatic N) is 1. The molecule has 29 heavy (non-hydrogen) atoms. The highest BCUT2D eigenvalue weighted by Gasteiger charge is 2.27. The van der Waals surface area contributed by atoms with Crippen molar-refractivity contribution in [3.05, 3.63) is 24.0 Å². The van der Waals surface area contributed by atoms with Gasteiger partial charge in [0.15, 0.2) is 0 Å². The molecule has 3 saturated heterocycles. The standard InChI is InChI=1S/C22H31FN4O2/c23-18-14-17(25-19-2-4-21(28)26-22(19)29)1-3-20(18)27-11-7-16(8-12-27)13-15-5-9-24-10-6-15/h1,3,14-16,19,24-25H,2,4-13H2,(H,26,28,29). The van der Waals surface area contributed by atoms with Crippen LogP contribution in [0.2, 0.25) is 0 Å². The molecule has 4 rings (SSSR count). The van der Waals surface area contributed by atoms with Crippen molar-refractivity contribution in [3.8, 4) is 0 Å². The van der Waals surface area contributed by atoms with E-state index < -0.39 is 6.04 Å². The molecule has 3 heterocycles. The quantitative estimate of drug-likeness (QED) is 0.661. The average molecular weight is 403 g/mol. The van der Waals surface area contributed by atoms with Crippen molar-refractivity contribution in [2.24, 2.45) is 11.8 Å². The molecule has 0 aromatic heterocycles. The molecule has 6 nitrogen and oxygen atoms in total.